The van der Waals surface area contributed by atoms with E-state index in [9.17, 15) is 0 Å². The van der Waals surface area contributed by atoms with E-state index in [2.05, 4.69) is 56.2 Å². The fourth-order valence-corrected chi connectivity index (χ4v) is 5.49. The van der Waals surface area contributed by atoms with E-state index < -0.39 is 0 Å². The fraction of sp³-hybridized carbons (Fsp3) is 1.00. The Morgan fingerprint density at radius 3 is 1.48 bits per heavy atom. The summed E-state index contributed by atoms with van der Waals surface area (Å²) in [4.78, 5) is 8.19. The lowest BCUT2D eigenvalue weighted by Gasteiger charge is -2.51. The molecule has 0 radical (unpaired) electrons. The van der Waals surface area contributed by atoms with Gasteiger partial charge >= 0.3 is 0 Å². The second-order valence-electron chi connectivity index (χ2n) is 11.1. The molecule has 0 bridgehead atoms. The molecule has 0 aromatic carbocycles. The largest absolute Gasteiger partial charge is 0.298 e. The van der Waals surface area contributed by atoms with Crippen molar-refractivity contribution in [2.75, 3.05) is 39.3 Å². The highest BCUT2D eigenvalue weighted by atomic mass is 15.3. The number of hydrogen-bond acceptors (Lipinski definition) is 3. The van der Waals surface area contributed by atoms with Crippen molar-refractivity contribution in [3.8, 4) is 0 Å². The van der Waals surface area contributed by atoms with Crippen LogP contribution in [0.2, 0.25) is 0 Å². The summed E-state index contributed by atoms with van der Waals surface area (Å²) in [7, 11) is 0. The van der Waals surface area contributed by atoms with Crippen LogP contribution in [0.25, 0.3) is 0 Å². The maximum Gasteiger partial charge on any atom is 0.0126 e. The van der Waals surface area contributed by atoms with Crippen LogP contribution in [0.15, 0.2) is 0 Å². The zero-order chi connectivity index (χ0) is 18.3. The Morgan fingerprint density at radius 2 is 1.04 bits per heavy atom. The van der Waals surface area contributed by atoms with Gasteiger partial charge in [-0.05, 0) is 98.6 Å². The summed E-state index contributed by atoms with van der Waals surface area (Å²) in [6, 6.07) is 0.869. The smallest absolute Gasteiger partial charge is 0.0126 e. The van der Waals surface area contributed by atoms with Gasteiger partial charge in [0.15, 0.2) is 0 Å². The van der Waals surface area contributed by atoms with Gasteiger partial charge in [0.25, 0.3) is 0 Å². The molecule has 2 heterocycles. The Balaban J connectivity index is 1.46. The Bertz CT molecular complexity index is 419. The van der Waals surface area contributed by atoms with Crippen molar-refractivity contribution in [3.05, 3.63) is 0 Å². The Morgan fingerprint density at radius 1 is 0.600 bits per heavy atom. The summed E-state index contributed by atoms with van der Waals surface area (Å²) < 4.78 is 0. The van der Waals surface area contributed by atoms with Crippen LogP contribution in [0.5, 0.6) is 0 Å². The van der Waals surface area contributed by atoms with Crippen molar-refractivity contribution in [1.82, 2.24) is 14.7 Å². The third-order valence-electron chi connectivity index (χ3n) is 7.57. The molecule has 3 nitrogen and oxygen atoms in total. The van der Waals surface area contributed by atoms with Gasteiger partial charge in [0.1, 0.15) is 0 Å². The average Bonchev–Trinajstić information content (AvgIpc) is 2.54. The minimum Gasteiger partial charge on any atom is -0.298 e. The van der Waals surface area contributed by atoms with Crippen LogP contribution in [0, 0.1) is 5.41 Å². The molecular weight excluding hydrogens is 306 g/mol. The van der Waals surface area contributed by atoms with E-state index in [1.54, 1.807) is 0 Å². The van der Waals surface area contributed by atoms with Crippen LogP contribution in [0.4, 0.5) is 0 Å². The van der Waals surface area contributed by atoms with Gasteiger partial charge in [0, 0.05) is 43.3 Å². The van der Waals surface area contributed by atoms with Gasteiger partial charge in [0.2, 0.25) is 0 Å². The van der Waals surface area contributed by atoms with E-state index in [0.29, 0.717) is 16.5 Å². The molecule has 0 aromatic heterocycles. The number of likely N-dealkylation sites (tertiary alicyclic amines) is 1. The minimum absolute atomic E-state index is 0.337. The topological polar surface area (TPSA) is 9.72 Å². The molecule has 3 rings (SSSR count). The number of piperazine rings is 1. The quantitative estimate of drug-likeness (QED) is 0.701. The van der Waals surface area contributed by atoms with Crippen molar-refractivity contribution in [3.63, 3.8) is 0 Å². The Kier molecular flexibility index (Phi) is 5.60. The van der Waals surface area contributed by atoms with Crippen molar-refractivity contribution < 1.29 is 0 Å². The van der Waals surface area contributed by atoms with Crippen LogP contribution >= 0.6 is 0 Å². The van der Waals surface area contributed by atoms with E-state index in [1.165, 1.54) is 77.8 Å². The van der Waals surface area contributed by atoms with Gasteiger partial charge in [0.05, 0.1) is 0 Å². The molecule has 3 aliphatic rings. The van der Waals surface area contributed by atoms with Gasteiger partial charge in [-0.25, -0.2) is 0 Å². The predicted octanol–water partition coefficient (Wildman–Crippen LogP) is 4.23. The molecule has 0 atom stereocenters. The van der Waals surface area contributed by atoms with Crippen molar-refractivity contribution >= 4 is 0 Å². The Hall–Kier alpha value is -0.120. The molecule has 0 amide bonds. The first-order chi connectivity index (χ1) is 11.6. The van der Waals surface area contributed by atoms with Gasteiger partial charge in [-0.3, -0.25) is 14.7 Å². The molecular formula is C22H43N3. The third-order valence-corrected chi connectivity index (χ3v) is 7.57. The number of piperidine rings is 1. The second-order valence-corrected chi connectivity index (χ2v) is 11.1. The molecule has 1 aliphatic carbocycles. The average molecular weight is 350 g/mol. The lowest BCUT2D eigenvalue weighted by Crippen LogP contribution is -2.56. The molecule has 1 spiro atoms. The molecule has 2 saturated heterocycles. The Labute approximate surface area is 157 Å². The molecule has 0 unspecified atom stereocenters. The maximum absolute atomic E-state index is 2.82. The molecule has 3 heteroatoms. The number of hydrogen-bond donors (Lipinski definition) is 0. The van der Waals surface area contributed by atoms with Gasteiger partial charge in [-0.2, -0.15) is 0 Å². The number of rotatable bonds is 1. The summed E-state index contributed by atoms with van der Waals surface area (Å²) in [6.45, 7) is 21.9. The third kappa shape index (κ3) is 4.59. The predicted molar refractivity (Wildman–Crippen MR) is 108 cm³/mol. The summed E-state index contributed by atoms with van der Waals surface area (Å²) in [5, 5.41) is 0. The zero-order valence-electron chi connectivity index (χ0n) is 17.9. The van der Waals surface area contributed by atoms with E-state index in [-0.39, 0.29) is 0 Å². The van der Waals surface area contributed by atoms with Crippen molar-refractivity contribution in [1.29, 1.82) is 0 Å². The summed E-state index contributed by atoms with van der Waals surface area (Å²) in [5.74, 6) is 0. The summed E-state index contributed by atoms with van der Waals surface area (Å²) >= 11 is 0. The molecule has 0 aromatic rings. The summed E-state index contributed by atoms with van der Waals surface area (Å²) in [5.41, 5.74) is 1.38. The van der Waals surface area contributed by atoms with E-state index >= 15 is 0 Å². The van der Waals surface area contributed by atoms with E-state index in [0.717, 1.165) is 6.04 Å². The highest BCUT2D eigenvalue weighted by Crippen LogP contribution is 2.46. The summed E-state index contributed by atoms with van der Waals surface area (Å²) in [6.07, 6.45) is 8.74. The highest BCUT2D eigenvalue weighted by Gasteiger charge is 2.41. The minimum atomic E-state index is 0.337. The molecule has 2 aliphatic heterocycles. The lowest BCUT2D eigenvalue weighted by atomic mass is 9.66. The van der Waals surface area contributed by atoms with Crippen LogP contribution < -0.4 is 0 Å². The standard InChI is InChI=1S/C22H43N3/c1-20(2,3)24-13-11-22(12-14-24)9-7-19(8-10-22)23-15-17-25(18-16-23)21(4,5)6/h19H,7-18H2,1-6H3. The lowest BCUT2D eigenvalue weighted by molar-refractivity contribution is -0.0125. The van der Waals surface area contributed by atoms with Crippen molar-refractivity contribution in [2.45, 2.75) is 97.2 Å². The highest BCUT2D eigenvalue weighted by molar-refractivity contribution is 4.95. The van der Waals surface area contributed by atoms with Gasteiger partial charge < -0.3 is 0 Å². The molecule has 146 valence electrons. The molecule has 1 saturated carbocycles. The zero-order valence-corrected chi connectivity index (χ0v) is 17.9. The van der Waals surface area contributed by atoms with Crippen molar-refractivity contribution in [2.24, 2.45) is 5.41 Å². The fourth-order valence-electron chi connectivity index (χ4n) is 5.49. The first-order valence-electron chi connectivity index (χ1n) is 10.8. The molecule has 0 N–H and O–H groups in total. The second kappa shape index (κ2) is 7.13. The molecule has 25 heavy (non-hydrogen) atoms. The van der Waals surface area contributed by atoms with E-state index in [1.807, 2.05) is 0 Å². The SMILES string of the molecule is CC(C)(C)N1CCN(C2CCC3(CC2)CCN(C(C)(C)C)CC3)CC1. The molecule has 3 fully saturated rings. The normalized spacial score (nSPS) is 28.6. The number of nitrogens with zero attached hydrogens (tertiary/aromatic N) is 3. The van der Waals surface area contributed by atoms with Gasteiger partial charge in [-0.15, -0.1) is 0 Å². The monoisotopic (exact) mass is 349 g/mol. The first-order valence-corrected chi connectivity index (χ1v) is 10.8. The van der Waals surface area contributed by atoms with Crippen LogP contribution in [0.1, 0.15) is 80.1 Å². The maximum atomic E-state index is 2.82. The van der Waals surface area contributed by atoms with E-state index in [4.69, 9.17) is 0 Å². The van der Waals surface area contributed by atoms with Crippen LogP contribution in [0.3, 0.4) is 0 Å². The van der Waals surface area contributed by atoms with Crippen LogP contribution in [-0.2, 0) is 0 Å². The first kappa shape index (κ1) is 19.6. The van der Waals surface area contributed by atoms with Gasteiger partial charge in [-0.1, -0.05) is 0 Å². The van der Waals surface area contributed by atoms with Crippen LogP contribution in [-0.4, -0.2) is 71.1 Å².